The van der Waals surface area contributed by atoms with Gasteiger partial charge in [0.1, 0.15) is 11.9 Å². The van der Waals surface area contributed by atoms with Crippen LogP contribution in [0.2, 0.25) is 0 Å². The predicted octanol–water partition coefficient (Wildman–Crippen LogP) is 7.37. The van der Waals surface area contributed by atoms with E-state index in [1.807, 2.05) is 46.7 Å². The van der Waals surface area contributed by atoms with Crippen LogP contribution in [0, 0.1) is 5.82 Å². The Hall–Kier alpha value is -3.25. The number of fused-ring (bicyclic) bond motifs is 1. The molecular weight excluding hydrogens is 459 g/mol. The van der Waals surface area contributed by atoms with Crippen molar-refractivity contribution in [1.82, 2.24) is 0 Å². The first-order chi connectivity index (χ1) is 17.1. The molecule has 4 nitrogen and oxygen atoms in total. The molecule has 0 bridgehead atoms. The summed E-state index contributed by atoms with van der Waals surface area (Å²) in [7, 11) is 0. The molecule has 1 aromatic heterocycles. The number of para-hydroxylation sites is 2. The SMILES string of the molecule is CCCCCC(=O)N1c2ccccc2NC2=C(C(=O)C[C@H](c3ccc(F)cc3)C2)[C@@H]1c1cccs1. The highest BCUT2D eigenvalue weighted by molar-refractivity contribution is 7.10. The molecule has 6 heteroatoms. The number of nitrogens with zero attached hydrogens (tertiary/aromatic N) is 1. The summed E-state index contributed by atoms with van der Waals surface area (Å²) >= 11 is 1.57. The number of carbonyl (C=O) groups is 2. The van der Waals surface area contributed by atoms with Gasteiger partial charge >= 0.3 is 0 Å². The minimum absolute atomic E-state index is 0.0330. The Labute approximate surface area is 209 Å². The molecule has 0 radical (unpaired) electrons. The third-order valence-corrected chi connectivity index (χ3v) is 7.83. The first kappa shape index (κ1) is 23.5. The fraction of sp³-hybridized carbons (Fsp3) is 0.310. The average molecular weight is 489 g/mol. The Morgan fingerprint density at radius 3 is 2.60 bits per heavy atom. The van der Waals surface area contributed by atoms with E-state index in [1.165, 1.54) is 12.1 Å². The van der Waals surface area contributed by atoms with E-state index < -0.39 is 6.04 Å². The number of thiophene rings is 1. The molecule has 0 saturated carbocycles. The Morgan fingerprint density at radius 1 is 1.06 bits per heavy atom. The summed E-state index contributed by atoms with van der Waals surface area (Å²) in [6, 6.07) is 17.8. The molecule has 1 aliphatic heterocycles. The molecule has 0 spiro atoms. The van der Waals surface area contributed by atoms with Crippen LogP contribution in [0.15, 0.2) is 77.3 Å². The predicted molar refractivity (Wildman–Crippen MR) is 139 cm³/mol. The number of amides is 1. The van der Waals surface area contributed by atoms with Crippen molar-refractivity contribution < 1.29 is 14.0 Å². The third-order valence-electron chi connectivity index (χ3n) is 6.91. The Kier molecular flexibility index (Phi) is 6.82. The van der Waals surface area contributed by atoms with Crippen molar-refractivity contribution in [3.63, 3.8) is 0 Å². The maximum atomic E-state index is 13.8. The molecule has 0 unspecified atom stereocenters. The zero-order valence-electron chi connectivity index (χ0n) is 19.8. The van der Waals surface area contributed by atoms with E-state index in [0.717, 1.165) is 46.8 Å². The van der Waals surface area contributed by atoms with Crippen molar-refractivity contribution in [3.05, 3.63) is 93.6 Å². The van der Waals surface area contributed by atoms with Gasteiger partial charge in [-0.2, -0.15) is 0 Å². The first-order valence-corrected chi connectivity index (χ1v) is 13.2. The molecule has 0 fully saturated rings. The van der Waals surface area contributed by atoms with Gasteiger partial charge in [-0.15, -0.1) is 11.3 Å². The topological polar surface area (TPSA) is 49.4 Å². The highest BCUT2D eigenvalue weighted by Crippen LogP contribution is 2.48. The summed E-state index contributed by atoms with van der Waals surface area (Å²) in [6.45, 7) is 2.12. The van der Waals surface area contributed by atoms with Gasteiger partial charge in [0.25, 0.3) is 0 Å². The summed E-state index contributed by atoms with van der Waals surface area (Å²) in [6.07, 6.45) is 4.26. The van der Waals surface area contributed by atoms with E-state index in [9.17, 15) is 14.0 Å². The zero-order chi connectivity index (χ0) is 24.4. The first-order valence-electron chi connectivity index (χ1n) is 12.3. The molecule has 2 atom stereocenters. The summed E-state index contributed by atoms with van der Waals surface area (Å²) in [5.74, 6) is -0.261. The third kappa shape index (κ3) is 4.67. The molecule has 35 heavy (non-hydrogen) atoms. The number of Topliss-reactive ketones (excluding diaryl/α,β-unsaturated/α-hetero) is 1. The molecule has 1 amide bonds. The van der Waals surface area contributed by atoms with Crippen molar-refractivity contribution in [2.75, 3.05) is 10.2 Å². The second-order valence-corrected chi connectivity index (χ2v) is 10.2. The number of hydrogen-bond donors (Lipinski definition) is 1. The number of hydrogen-bond acceptors (Lipinski definition) is 4. The number of ketones is 1. The fourth-order valence-electron chi connectivity index (χ4n) is 5.20. The fourth-order valence-corrected chi connectivity index (χ4v) is 6.02. The van der Waals surface area contributed by atoms with Crippen LogP contribution in [0.1, 0.15) is 67.8 Å². The summed E-state index contributed by atoms with van der Waals surface area (Å²) < 4.78 is 13.5. The number of allylic oxidation sites excluding steroid dienone is 1. The van der Waals surface area contributed by atoms with Gasteiger partial charge in [-0.1, -0.05) is 50.1 Å². The van der Waals surface area contributed by atoms with Crippen molar-refractivity contribution >= 4 is 34.4 Å². The Balaban J connectivity index is 1.62. The van der Waals surface area contributed by atoms with E-state index in [0.29, 0.717) is 24.8 Å². The second-order valence-electron chi connectivity index (χ2n) is 9.25. The lowest BCUT2D eigenvalue weighted by molar-refractivity contribution is -0.119. The standard InChI is InChI=1S/C29H29FN2O2S/c1-2-3-4-11-27(34)32-24-9-6-5-8-22(24)31-23-17-20(19-12-14-21(30)15-13-19)18-25(33)28(23)29(32)26-10-7-16-35-26/h5-10,12-16,20,29,31H,2-4,11,17-18H2,1H3/t20-,29+/m1/s1. The van der Waals surface area contributed by atoms with E-state index in [4.69, 9.17) is 0 Å². The van der Waals surface area contributed by atoms with Gasteiger partial charge in [-0.25, -0.2) is 4.39 Å². The van der Waals surface area contributed by atoms with Crippen LogP contribution in [0.5, 0.6) is 0 Å². The number of unbranched alkanes of at least 4 members (excludes halogenated alkanes) is 2. The summed E-state index contributed by atoms with van der Waals surface area (Å²) in [4.78, 5) is 30.4. The number of anilines is 2. The number of benzene rings is 2. The van der Waals surface area contributed by atoms with Gasteiger partial charge < -0.3 is 5.32 Å². The van der Waals surface area contributed by atoms with E-state index in [1.54, 1.807) is 23.5 Å². The van der Waals surface area contributed by atoms with Crippen molar-refractivity contribution in [2.24, 2.45) is 0 Å². The van der Waals surface area contributed by atoms with Crippen LogP contribution in [-0.4, -0.2) is 11.7 Å². The summed E-state index contributed by atoms with van der Waals surface area (Å²) in [5, 5.41) is 5.54. The smallest absolute Gasteiger partial charge is 0.227 e. The lowest BCUT2D eigenvalue weighted by Gasteiger charge is -2.34. The van der Waals surface area contributed by atoms with Crippen LogP contribution in [-0.2, 0) is 9.59 Å². The van der Waals surface area contributed by atoms with E-state index in [-0.39, 0.29) is 23.4 Å². The molecule has 1 aliphatic carbocycles. The molecule has 3 aromatic rings. The van der Waals surface area contributed by atoms with Crippen LogP contribution in [0.3, 0.4) is 0 Å². The molecule has 2 aliphatic rings. The largest absolute Gasteiger partial charge is 0.357 e. The number of rotatable bonds is 6. The molecule has 2 heterocycles. The van der Waals surface area contributed by atoms with Crippen molar-refractivity contribution in [2.45, 2.75) is 57.4 Å². The number of carbonyl (C=O) groups excluding carboxylic acids is 2. The lowest BCUT2D eigenvalue weighted by Crippen LogP contribution is -2.38. The molecule has 5 rings (SSSR count). The second kappa shape index (κ2) is 10.2. The van der Waals surface area contributed by atoms with Crippen LogP contribution in [0.25, 0.3) is 0 Å². The molecule has 2 aromatic carbocycles. The number of halogens is 1. The minimum atomic E-state index is -0.461. The van der Waals surface area contributed by atoms with Gasteiger partial charge in [0.2, 0.25) is 5.91 Å². The van der Waals surface area contributed by atoms with Crippen LogP contribution >= 0.6 is 11.3 Å². The highest BCUT2D eigenvalue weighted by Gasteiger charge is 2.41. The Morgan fingerprint density at radius 2 is 1.86 bits per heavy atom. The van der Waals surface area contributed by atoms with Gasteiger partial charge in [0, 0.05) is 29.0 Å². The Bertz CT molecular complexity index is 1250. The van der Waals surface area contributed by atoms with E-state index >= 15 is 0 Å². The van der Waals surface area contributed by atoms with Gasteiger partial charge in [-0.3, -0.25) is 14.5 Å². The quantitative estimate of drug-likeness (QED) is 0.369. The molecular formula is C29H29FN2O2S. The van der Waals surface area contributed by atoms with Gasteiger partial charge in [0.05, 0.1) is 11.4 Å². The maximum absolute atomic E-state index is 13.8. The molecule has 180 valence electrons. The van der Waals surface area contributed by atoms with Crippen LogP contribution < -0.4 is 10.2 Å². The zero-order valence-corrected chi connectivity index (χ0v) is 20.6. The maximum Gasteiger partial charge on any atom is 0.227 e. The molecule has 1 N–H and O–H groups in total. The van der Waals surface area contributed by atoms with Crippen LogP contribution in [0.4, 0.5) is 15.8 Å². The monoisotopic (exact) mass is 488 g/mol. The lowest BCUT2D eigenvalue weighted by atomic mass is 9.79. The average Bonchev–Trinajstić information content (AvgIpc) is 3.34. The summed E-state index contributed by atoms with van der Waals surface area (Å²) in [5.41, 5.74) is 4.10. The van der Waals surface area contributed by atoms with Gasteiger partial charge in [-0.05, 0) is 60.0 Å². The number of nitrogens with one attached hydrogen (secondary N) is 1. The molecule has 0 saturated heterocycles. The van der Waals surface area contributed by atoms with Crippen molar-refractivity contribution in [3.8, 4) is 0 Å². The van der Waals surface area contributed by atoms with Crippen molar-refractivity contribution in [1.29, 1.82) is 0 Å². The normalized spacial score (nSPS) is 19.6. The minimum Gasteiger partial charge on any atom is -0.357 e. The van der Waals surface area contributed by atoms with E-state index in [2.05, 4.69) is 12.2 Å². The highest BCUT2D eigenvalue weighted by atomic mass is 32.1. The van der Waals surface area contributed by atoms with Gasteiger partial charge in [0.15, 0.2) is 5.78 Å².